The second kappa shape index (κ2) is 6.08. The van der Waals surface area contributed by atoms with Gasteiger partial charge in [-0.2, -0.15) is 13.2 Å². The summed E-state index contributed by atoms with van der Waals surface area (Å²) >= 11 is 0. The van der Waals surface area contributed by atoms with Gasteiger partial charge in [0.15, 0.2) is 0 Å². The van der Waals surface area contributed by atoms with Crippen LogP contribution in [-0.2, 0) is 10.9 Å². The summed E-state index contributed by atoms with van der Waals surface area (Å²) in [5.74, 6) is 0. The molecule has 0 fully saturated rings. The van der Waals surface area contributed by atoms with Gasteiger partial charge in [-0.05, 0) is 12.1 Å². The zero-order chi connectivity index (χ0) is 15.3. The summed E-state index contributed by atoms with van der Waals surface area (Å²) in [6.45, 7) is -0.133. The third-order valence-corrected chi connectivity index (χ3v) is 2.17. The van der Waals surface area contributed by atoms with Crippen molar-refractivity contribution in [2.24, 2.45) is 5.73 Å². The summed E-state index contributed by atoms with van der Waals surface area (Å²) in [6, 6.07) is 2.49. The predicted molar refractivity (Wildman–Crippen MR) is 62.1 cm³/mol. The number of halogens is 3. The number of carbonyl (C=O) groups is 1. The molecule has 1 aromatic rings. The normalized spacial score (nSPS) is 10.9. The van der Waals surface area contributed by atoms with Crippen molar-refractivity contribution in [1.29, 1.82) is 0 Å². The number of primary amides is 1. The van der Waals surface area contributed by atoms with Gasteiger partial charge in [-0.15, -0.1) is 0 Å². The van der Waals surface area contributed by atoms with Gasteiger partial charge in [0, 0.05) is 18.3 Å². The topological polar surface area (TPSA) is 107 Å². The van der Waals surface area contributed by atoms with Crippen LogP contribution in [0.15, 0.2) is 18.2 Å². The molecule has 0 unspecified atom stereocenters. The largest absolute Gasteiger partial charge is 0.448 e. The number of ether oxygens (including phenoxy) is 1. The number of alkyl halides is 3. The van der Waals surface area contributed by atoms with E-state index in [1.54, 1.807) is 0 Å². The Kier molecular flexibility index (Phi) is 4.73. The highest BCUT2D eigenvalue weighted by molar-refractivity contribution is 5.64. The Morgan fingerprint density at radius 2 is 2.10 bits per heavy atom. The van der Waals surface area contributed by atoms with E-state index < -0.39 is 28.4 Å². The average Bonchev–Trinajstić information content (AvgIpc) is 2.33. The van der Waals surface area contributed by atoms with Crippen molar-refractivity contribution in [3.05, 3.63) is 33.9 Å². The molecule has 0 saturated heterocycles. The van der Waals surface area contributed by atoms with Crippen LogP contribution >= 0.6 is 0 Å². The first-order valence-electron chi connectivity index (χ1n) is 5.23. The number of nitro groups is 1. The quantitative estimate of drug-likeness (QED) is 0.491. The minimum Gasteiger partial charge on any atom is -0.448 e. The van der Waals surface area contributed by atoms with Gasteiger partial charge < -0.3 is 15.8 Å². The van der Waals surface area contributed by atoms with Gasteiger partial charge in [-0.3, -0.25) is 10.1 Å². The Balaban J connectivity index is 2.85. The van der Waals surface area contributed by atoms with Crippen molar-refractivity contribution >= 4 is 17.5 Å². The summed E-state index contributed by atoms with van der Waals surface area (Å²) in [5.41, 5.74) is 2.31. The lowest BCUT2D eigenvalue weighted by Gasteiger charge is -2.11. The molecule has 7 nitrogen and oxygen atoms in total. The molecular formula is C10H10F3N3O4. The van der Waals surface area contributed by atoms with E-state index in [-0.39, 0.29) is 18.8 Å². The Labute approximate surface area is 110 Å². The molecule has 0 radical (unpaired) electrons. The van der Waals surface area contributed by atoms with E-state index >= 15 is 0 Å². The number of anilines is 1. The highest BCUT2D eigenvalue weighted by Gasteiger charge is 2.38. The monoisotopic (exact) mass is 293 g/mol. The molecule has 110 valence electrons. The number of nitrogens with two attached hydrogens (primary N) is 1. The minimum absolute atomic E-state index is 0.0102. The van der Waals surface area contributed by atoms with E-state index in [9.17, 15) is 28.1 Å². The van der Waals surface area contributed by atoms with Gasteiger partial charge in [-0.25, -0.2) is 4.79 Å². The fourth-order valence-electron chi connectivity index (χ4n) is 1.38. The fourth-order valence-corrected chi connectivity index (χ4v) is 1.38. The number of nitrogens with one attached hydrogen (secondary N) is 1. The molecule has 20 heavy (non-hydrogen) atoms. The number of hydrogen-bond donors (Lipinski definition) is 2. The maximum atomic E-state index is 12.7. The smallest absolute Gasteiger partial charge is 0.423 e. The Morgan fingerprint density at radius 3 is 2.60 bits per heavy atom. The number of carbonyl (C=O) groups excluding carboxylic acids is 1. The van der Waals surface area contributed by atoms with Gasteiger partial charge in [0.2, 0.25) is 0 Å². The molecule has 0 aliphatic rings. The van der Waals surface area contributed by atoms with Crippen molar-refractivity contribution in [2.75, 3.05) is 18.5 Å². The SMILES string of the molecule is NC(=O)OCCNc1ccc([N+](=O)[O-])c(C(F)(F)F)c1. The van der Waals surface area contributed by atoms with Crippen molar-refractivity contribution in [2.45, 2.75) is 6.18 Å². The van der Waals surface area contributed by atoms with Gasteiger partial charge in [0.05, 0.1) is 4.92 Å². The van der Waals surface area contributed by atoms with Crippen LogP contribution < -0.4 is 11.1 Å². The van der Waals surface area contributed by atoms with E-state index in [1.807, 2.05) is 0 Å². The lowest BCUT2D eigenvalue weighted by Crippen LogP contribution is -2.18. The molecule has 0 atom stereocenters. The maximum Gasteiger partial charge on any atom is 0.423 e. The lowest BCUT2D eigenvalue weighted by molar-refractivity contribution is -0.388. The molecule has 0 aromatic heterocycles. The number of nitro benzene ring substituents is 1. The lowest BCUT2D eigenvalue weighted by atomic mass is 10.1. The maximum absolute atomic E-state index is 12.7. The number of hydrogen-bond acceptors (Lipinski definition) is 5. The second-order valence-corrected chi connectivity index (χ2v) is 3.58. The van der Waals surface area contributed by atoms with Crippen molar-refractivity contribution in [3.8, 4) is 0 Å². The number of rotatable bonds is 5. The summed E-state index contributed by atoms with van der Waals surface area (Å²) in [4.78, 5) is 19.7. The van der Waals surface area contributed by atoms with Crippen LogP contribution in [0.2, 0.25) is 0 Å². The van der Waals surface area contributed by atoms with E-state index in [1.165, 1.54) is 0 Å². The molecule has 0 spiro atoms. The molecule has 0 heterocycles. The number of nitrogens with zero attached hydrogens (tertiary/aromatic N) is 1. The molecule has 0 aliphatic heterocycles. The molecule has 0 aliphatic carbocycles. The summed E-state index contributed by atoms with van der Waals surface area (Å²) < 4.78 is 42.4. The van der Waals surface area contributed by atoms with Crippen molar-refractivity contribution in [1.82, 2.24) is 0 Å². The molecule has 1 amide bonds. The van der Waals surface area contributed by atoms with Gasteiger partial charge in [0.1, 0.15) is 12.2 Å². The highest BCUT2D eigenvalue weighted by atomic mass is 19.4. The highest BCUT2D eigenvalue weighted by Crippen LogP contribution is 2.37. The van der Waals surface area contributed by atoms with E-state index in [4.69, 9.17) is 5.73 Å². The van der Waals surface area contributed by atoms with Gasteiger partial charge in [-0.1, -0.05) is 0 Å². The Morgan fingerprint density at radius 1 is 1.45 bits per heavy atom. The first-order valence-corrected chi connectivity index (χ1v) is 5.23. The van der Waals surface area contributed by atoms with Crippen LogP contribution in [0.5, 0.6) is 0 Å². The zero-order valence-electron chi connectivity index (χ0n) is 9.94. The van der Waals surface area contributed by atoms with Crippen molar-refractivity contribution < 1.29 is 27.6 Å². The van der Waals surface area contributed by atoms with Gasteiger partial charge >= 0.3 is 12.3 Å². The van der Waals surface area contributed by atoms with Crippen LogP contribution in [0.3, 0.4) is 0 Å². The molecule has 0 saturated carbocycles. The van der Waals surface area contributed by atoms with E-state index in [0.29, 0.717) is 6.07 Å². The third kappa shape index (κ3) is 4.30. The van der Waals surface area contributed by atoms with Crippen molar-refractivity contribution in [3.63, 3.8) is 0 Å². The number of amides is 1. The minimum atomic E-state index is -4.84. The molecular weight excluding hydrogens is 283 g/mol. The van der Waals surface area contributed by atoms with Crippen LogP contribution in [-0.4, -0.2) is 24.2 Å². The summed E-state index contributed by atoms with van der Waals surface area (Å²) in [6.07, 6.45) is -5.85. The Bertz CT molecular complexity index is 519. The van der Waals surface area contributed by atoms with E-state index in [2.05, 4.69) is 10.1 Å². The number of benzene rings is 1. The summed E-state index contributed by atoms with van der Waals surface area (Å²) in [7, 11) is 0. The molecule has 3 N–H and O–H groups in total. The van der Waals surface area contributed by atoms with Crippen LogP contribution in [0.4, 0.5) is 29.3 Å². The standard InChI is InChI=1S/C10H10F3N3O4/c11-10(12,13)7-5-6(1-2-8(7)16(18)19)15-3-4-20-9(14)17/h1-2,5,15H,3-4H2,(H2,14,17). The zero-order valence-corrected chi connectivity index (χ0v) is 9.94. The second-order valence-electron chi connectivity index (χ2n) is 3.58. The first kappa shape index (κ1) is 15.5. The Hall–Kier alpha value is -2.52. The van der Waals surface area contributed by atoms with Gasteiger partial charge in [0.25, 0.3) is 5.69 Å². The fraction of sp³-hybridized carbons (Fsp3) is 0.300. The van der Waals surface area contributed by atoms with Crippen LogP contribution in [0.25, 0.3) is 0 Å². The molecule has 10 heteroatoms. The first-order chi connectivity index (χ1) is 9.21. The molecule has 1 rings (SSSR count). The summed E-state index contributed by atoms with van der Waals surface area (Å²) in [5, 5.41) is 13.1. The predicted octanol–water partition coefficient (Wildman–Crippen LogP) is 2.12. The van der Waals surface area contributed by atoms with E-state index in [0.717, 1.165) is 12.1 Å². The average molecular weight is 293 g/mol. The van der Waals surface area contributed by atoms with Crippen LogP contribution in [0.1, 0.15) is 5.56 Å². The van der Waals surface area contributed by atoms with Crippen LogP contribution in [0, 0.1) is 10.1 Å². The molecule has 0 bridgehead atoms. The third-order valence-electron chi connectivity index (χ3n) is 2.17. The molecule has 1 aromatic carbocycles.